The number of allylic oxidation sites excluding steroid dienone is 2. The first-order chi connectivity index (χ1) is 8.85. The van der Waals surface area contributed by atoms with Crippen LogP contribution >= 0.6 is 11.6 Å². The topological polar surface area (TPSA) is 62.8 Å². The monoisotopic (exact) mass is 418 g/mol. The van der Waals surface area contributed by atoms with Crippen LogP contribution in [0.2, 0.25) is 0 Å². The third kappa shape index (κ3) is 19.3. The summed E-state index contributed by atoms with van der Waals surface area (Å²) in [6, 6.07) is 0. The fourth-order valence-electron chi connectivity index (χ4n) is 0.612. The molecule has 0 aromatic carbocycles. The SMILES string of the molecule is CC(C)(O)C(C)(C)Cl.CC(C)=C(C)C.CC1(C)OC1(C)C.[Cl-].[Na+].[Na+].[OH-]. The normalized spacial score (nSPS) is 15.6. The first-order valence-electron chi connectivity index (χ1n) is 7.57. The van der Waals surface area contributed by atoms with Gasteiger partial charge in [0.15, 0.2) is 0 Å². The van der Waals surface area contributed by atoms with Gasteiger partial charge >= 0.3 is 59.1 Å². The van der Waals surface area contributed by atoms with Gasteiger partial charge in [-0.15, -0.1) is 11.6 Å². The zero-order valence-electron chi connectivity index (χ0n) is 19.1. The maximum atomic E-state index is 9.22. The Kier molecular flexibility index (Phi) is 25.1. The van der Waals surface area contributed by atoms with Crippen LogP contribution in [0.15, 0.2) is 11.1 Å². The van der Waals surface area contributed by atoms with Crippen LogP contribution < -0.4 is 71.5 Å². The van der Waals surface area contributed by atoms with E-state index in [1.165, 1.54) is 11.1 Å². The second-order valence-corrected chi connectivity index (χ2v) is 9.10. The zero-order valence-corrected chi connectivity index (χ0v) is 24.6. The summed E-state index contributed by atoms with van der Waals surface area (Å²) in [7, 11) is 0. The van der Waals surface area contributed by atoms with Gasteiger partial charge in [-0.2, -0.15) is 0 Å². The number of aliphatic hydroxyl groups is 1. The minimum atomic E-state index is -0.797. The van der Waals surface area contributed by atoms with Gasteiger partial charge < -0.3 is 27.7 Å². The van der Waals surface area contributed by atoms with Crippen molar-refractivity contribution in [2.45, 2.75) is 105 Å². The molecule has 1 aliphatic heterocycles. The summed E-state index contributed by atoms with van der Waals surface area (Å²) in [5.41, 5.74) is 2.35. The average molecular weight is 419 g/mol. The van der Waals surface area contributed by atoms with Crippen molar-refractivity contribution in [1.29, 1.82) is 0 Å². The van der Waals surface area contributed by atoms with Gasteiger partial charge in [0.05, 0.1) is 21.7 Å². The predicted molar refractivity (Wildman–Crippen MR) is 97.1 cm³/mol. The number of epoxide rings is 1. The molecule has 1 aliphatic rings. The predicted octanol–water partition coefficient (Wildman–Crippen LogP) is -3.45. The summed E-state index contributed by atoms with van der Waals surface area (Å²) in [5, 5.41) is 9.22. The fraction of sp³-hybridized carbons (Fsp3) is 0.889. The number of halogens is 2. The van der Waals surface area contributed by atoms with Crippen molar-refractivity contribution < 1.29 is 86.8 Å². The van der Waals surface area contributed by atoms with E-state index < -0.39 is 10.5 Å². The standard InChI is InChI=1S/C6H13ClO.C6H12O.C6H12.ClH.2Na.H2O/c1-5(2,7)6(3,4)8;1-5(2)6(3,4)7-5;1-5(2)6(3)4;;;;/h8H,1-4H3;1-4H3;1-4H3;1H;;;1H2/q;;;;2*+1;/p-2. The fourth-order valence-corrected chi connectivity index (χ4v) is 0.612. The van der Waals surface area contributed by atoms with Crippen LogP contribution in [-0.2, 0) is 4.74 Å². The number of hydrogen-bond acceptors (Lipinski definition) is 3. The van der Waals surface area contributed by atoms with E-state index >= 15 is 0 Å². The van der Waals surface area contributed by atoms with Crippen LogP contribution in [0.1, 0.15) is 83.1 Å². The van der Waals surface area contributed by atoms with Gasteiger partial charge in [0, 0.05) is 0 Å². The maximum Gasteiger partial charge on any atom is 1.00 e. The number of alkyl halides is 1. The van der Waals surface area contributed by atoms with E-state index in [1.807, 2.05) is 0 Å². The Balaban J connectivity index is -0.0000000505. The molecule has 0 amide bonds. The van der Waals surface area contributed by atoms with Crippen molar-refractivity contribution >= 4 is 11.6 Å². The van der Waals surface area contributed by atoms with Gasteiger partial charge in [0.25, 0.3) is 0 Å². The molecule has 1 rings (SSSR count). The van der Waals surface area contributed by atoms with Gasteiger partial charge in [0.1, 0.15) is 0 Å². The molecule has 144 valence electrons. The quantitative estimate of drug-likeness (QED) is 0.208. The van der Waals surface area contributed by atoms with Crippen molar-refractivity contribution in [3.63, 3.8) is 0 Å². The molecule has 0 unspecified atom stereocenters. The second-order valence-electron chi connectivity index (χ2n) is 8.15. The van der Waals surface area contributed by atoms with Crippen molar-refractivity contribution in [3.05, 3.63) is 11.1 Å². The molecule has 1 heterocycles. The van der Waals surface area contributed by atoms with Gasteiger partial charge in [-0.3, -0.25) is 0 Å². The van der Waals surface area contributed by atoms with E-state index in [4.69, 9.17) is 16.3 Å². The summed E-state index contributed by atoms with van der Waals surface area (Å²) < 4.78 is 5.29. The molecular weight excluding hydrogens is 381 g/mol. The Bertz CT molecular complexity index is 327. The molecule has 7 heteroatoms. The van der Waals surface area contributed by atoms with Gasteiger partial charge in [-0.1, -0.05) is 11.1 Å². The molecular formula is C18H38Cl2Na2O3. The molecule has 0 saturated carbocycles. The second kappa shape index (κ2) is 15.1. The molecule has 0 aromatic rings. The first-order valence-corrected chi connectivity index (χ1v) is 7.95. The minimum Gasteiger partial charge on any atom is -1.00 e. The van der Waals surface area contributed by atoms with Crippen LogP contribution in [0.5, 0.6) is 0 Å². The number of rotatable bonds is 1. The summed E-state index contributed by atoms with van der Waals surface area (Å²) in [6.07, 6.45) is 0. The molecule has 1 saturated heterocycles. The summed E-state index contributed by atoms with van der Waals surface area (Å²) in [4.78, 5) is -0.535. The molecule has 0 radical (unpaired) electrons. The van der Waals surface area contributed by atoms with Crippen molar-refractivity contribution in [1.82, 2.24) is 0 Å². The number of ether oxygens (including phenoxy) is 1. The van der Waals surface area contributed by atoms with Gasteiger partial charge in [-0.25, -0.2) is 0 Å². The maximum absolute atomic E-state index is 9.22. The summed E-state index contributed by atoms with van der Waals surface area (Å²) in [5.74, 6) is 0. The summed E-state index contributed by atoms with van der Waals surface area (Å²) >= 11 is 5.76. The molecule has 0 aliphatic carbocycles. The molecule has 3 nitrogen and oxygen atoms in total. The van der Waals surface area contributed by atoms with Crippen LogP contribution in [0, 0.1) is 0 Å². The number of hydrogen-bond donors (Lipinski definition) is 1. The average Bonchev–Trinajstić information content (AvgIpc) is 2.59. The van der Waals surface area contributed by atoms with E-state index in [-0.39, 0.29) is 88.2 Å². The van der Waals surface area contributed by atoms with Crippen LogP contribution in [0.25, 0.3) is 0 Å². The Morgan fingerprint density at radius 1 is 0.800 bits per heavy atom. The largest absolute Gasteiger partial charge is 1.00 e. The van der Waals surface area contributed by atoms with Gasteiger partial charge in [-0.05, 0) is 83.1 Å². The molecule has 0 aromatic heterocycles. The molecule has 2 N–H and O–H groups in total. The first kappa shape index (κ1) is 41.5. The molecule has 0 spiro atoms. The summed E-state index contributed by atoms with van der Waals surface area (Å²) in [6.45, 7) is 23.9. The van der Waals surface area contributed by atoms with Crippen LogP contribution in [-0.4, -0.2) is 32.3 Å². The van der Waals surface area contributed by atoms with E-state index in [0.717, 1.165) is 0 Å². The third-order valence-electron chi connectivity index (χ3n) is 4.37. The van der Waals surface area contributed by atoms with Crippen LogP contribution in [0.4, 0.5) is 0 Å². The van der Waals surface area contributed by atoms with E-state index in [0.29, 0.717) is 0 Å². The Hall–Kier alpha value is 2.20. The Morgan fingerprint density at radius 3 is 0.920 bits per heavy atom. The Labute approximate surface area is 212 Å². The molecule has 1 fully saturated rings. The smallest absolute Gasteiger partial charge is 1.00 e. The van der Waals surface area contributed by atoms with E-state index in [2.05, 4.69) is 55.4 Å². The van der Waals surface area contributed by atoms with Crippen LogP contribution in [0.3, 0.4) is 0 Å². The van der Waals surface area contributed by atoms with Crippen molar-refractivity contribution in [3.8, 4) is 0 Å². The van der Waals surface area contributed by atoms with Crippen molar-refractivity contribution in [2.24, 2.45) is 0 Å². The molecule has 25 heavy (non-hydrogen) atoms. The molecule has 0 bridgehead atoms. The minimum absolute atomic E-state index is 0. The van der Waals surface area contributed by atoms with Gasteiger partial charge in [0.2, 0.25) is 0 Å². The van der Waals surface area contributed by atoms with E-state index in [9.17, 15) is 5.11 Å². The Morgan fingerprint density at radius 2 is 0.920 bits per heavy atom. The third-order valence-corrected chi connectivity index (χ3v) is 4.84. The van der Waals surface area contributed by atoms with E-state index in [1.54, 1.807) is 27.7 Å². The zero-order chi connectivity index (χ0) is 17.9. The van der Waals surface area contributed by atoms with Crippen molar-refractivity contribution in [2.75, 3.05) is 0 Å². The molecule has 0 atom stereocenters.